The molecule has 1 heterocycles. The summed E-state index contributed by atoms with van der Waals surface area (Å²) in [6, 6.07) is 1.30. The van der Waals surface area contributed by atoms with Crippen LogP contribution in [0.15, 0.2) is 0 Å². The molecule has 2 N–H and O–H groups in total. The third-order valence-corrected chi connectivity index (χ3v) is 4.31. The fourth-order valence-electron chi connectivity index (χ4n) is 3.19. The maximum atomic E-state index is 5.95. The zero-order valence-corrected chi connectivity index (χ0v) is 10.5. The van der Waals surface area contributed by atoms with Gasteiger partial charge in [0.05, 0.1) is 0 Å². The molecule has 1 aliphatic carbocycles. The first-order valence-electron chi connectivity index (χ1n) is 6.78. The molecule has 0 aromatic heterocycles. The summed E-state index contributed by atoms with van der Waals surface area (Å²) < 4.78 is 5.24. The molecule has 0 aromatic rings. The van der Waals surface area contributed by atoms with E-state index in [1.807, 2.05) is 7.11 Å². The van der Waals surface area contributed by atoms with Gasteiger partial charge in [-0.05, 0) is 57.5 Å². The maximum Gasteiger partial charge on any atom is 0.0491 e. The van der Waals surface area contributed by atoms with Gasteiger partial charge in [0, 0.05) is 25.8 Å². The molecule has 0 atom stereocenters. The quantitative estimate of drug-likeness (QED) is 0.794. The summed E-state index contributed by atoms with van der Waals surface area (Å²) >= 11 is 0. The van der Waals surface area contributed by atoms with Crippen molar-refractivity contribution in [2.24, 2.45) is 11.7 Å². The van der Waals surface area contributed by atoms with Gasteiger partial charge < -0.3 is 15.4 Å². The standard InChI is InChI=1S/C13H26N2O/c1-16-10-11-6-8-15(9-7-11)13-4-2-12(14)3-5-13/h11-13H,2-10,14H2,1H3. The van der Waals surface area contributed by atoms with Crippen molar-refractivity contribution in [1.29, 1.82) is 0 Å². The molecular weight excluding hydrogens is 200 g/mol. The van der Waals surface area contributed by atoms with Crippen molar-refractivity contribution in [3.8, 4) is 0 Å². The van der Waals surface area contributed by atoms with Crippen LogP contribution in [-0.2, 0) is 4.74 Å². The predicted octanol–water partition coefficient (Wildman–Crippen LogP) is 1.61. The summed E-state index contributed by atoms with van der Waals surface area (Å²) in [6.45, 7) is 3.49. The monoisotopic (exact) mass is 226 g/mol. The van der Waals surface area contributed by atoms with Crippen LogP contribution in [0.4, 0.5) is 0 Å². The molecular formula is C13H26N2O. The molecule has 1 aliphatic heterocycles. The van der Waals surface area contributed by atoms with E-state index in [1.165, 1.54) is 51.6 Å². The van der Waals surface area contributed by atoms with Gasteiger partial charge in [0.1, 0.15) is 0 Å². The highest BCUT2D eigenvalue weighted by Crippen LogP contribution is 2.26. The molecule has 2 rings (SSSR count). The first kappa shape index (κ1) is 12.3. The molecule has 0 spiro atoms. The molecule has 0 bridgehead atoms. The number of likely N-dealkylation sites (tertiary alicyclic amines) is 1. The molecule has 0 amide bonds. The number of hydrogen-bond acceptors (Lipinski definition) is 3. The third-order valence-electron chi connectivity index (χ3n) is 4.31. The lowest BCUT2D eigenvalue weighted by Gasteiger charge is -2.40. The average molecular weight is 226 g/mol. The minimum atomic E-state index is 0.474. The van der Waals surface area contributed by atoms with E-state index >= 15 is 0 Å². The zero-order chi connectivity index (χ0) is 11.4. The summed E-state index contributed by atoms with van der Waals surface area (Å²) in [5.41, 5.74) is 5.95. The van der Waals surface area contributed by atoms with Gasteiger partial charge in [0.25, 0.3) is 0 Å². The highest BCUT2D eigenvalue weighted by atomic mass is 16.5. The summed E-state index contributed by atoms with van der Waals surface area (Å²) in [4.78, 5) is 2.69. The zero-order valence-electron chi connectivity index (χ0n) is 10.5. The van der Waals surface area contributed by atoms with Crippen molar-refractivity contribution in [3.05, 3.63) is 0 Å². The van der Waals surface area contributed by atoms with Crippen molar-refractivity contribution in [2.75, 3.05) is 26.8 Å². The van der Waals surface area contributed by atoms with Crippen molar-refractivity contribution in [3.63, 3.8) is 0 Å². The van der Waals surface area contributed by atoms with Crippen LogP contribution in [0.5, 0.6) is 0 Å². The van der Waals surface area contributed by atoms with E-state index in [2.05, 4.69) is 4.90 Å². The first-order chi connectivity index (χ1) is 7.79. The van der Waals surface area contributed by atoms with E-state index < -0.39 is 0 Å². The Balaban J connectivity index is 1.72. The molecule has 2 aliphatic rings. The molecule has 2 fully saturated rings. The van der Waals surface area contributed by atoms with E-state index in [-0.39, 0.29) is 0 Å². The second-order valence-corrected chi connectivity index (χ2v) is 5.50. The van der Waals surface area contributed by atoms with Gasteiger partial charge in [0.2, 0.25) is 0 Å². The molecule has 0 unspecified atom stereocenters. The normalized spacial score (nSPS) is 34.1. The number of nitrogens with zero attached hydrogens (tertiary/aromatic N) is 1. The summed E-state index contributed by atoms with van der Waals surface area (Å²) in [5, 5.41) is 0. The van der Waals surface area contributed by atoms with Crippen molar-refractivity contribution in [2.45, 2.75) is 50.6 Å². The molecule has 0 aromatic carbocycles. The van der Waals surface area contributed by atoms with Gasteiger partial charge in [-0.25, -0.2) is 0 Å². The Bertz CT molecular complexity index is 194. The number of rotatable bonds is 3. The highest BCUT2D eigenvalue weighted by molar-refractivity contribution is 4.84. The van der Waals surface area contributed by atoms with E-state index in [0.29, 0.717) is 6.04 Å². The second kappa shape index (κ2) is 5.99. The maximum absolute atomic E-state index is 5.95. The van der Waals surface area contributed by atoms with Crippen LogP contribution >= 0.6 is 0 Å². The Morgan fingerprint density at radius 3 is 2.25 bits per heavy atom. The first-order valence-corrected chi connectivity index (χ1v) is 6.78. The predicted molar refractivity (Wildman–Crippen MR) is 66.4 cm³/mol. The van der Waals surface area contributed by atoms with Crippen LogP contribution in [0.2, 0.25) is 0 Å². The Morgan fingerprint density at radius 1 is 1.06 bits per heavy atom. The summed E-state index contributed by atoms with van der Waals surface area (Å²) in [6.07, 6.45) is 7.71. The number of piperidine rings is 1. The number of ether oxygens (including phenoxy) is 1. The Hall–Kier alpha value is -0.120. The average Bonchev–Trinajstić information content (AvgIpc) is 2.32. The lowest BCUT2D eigenvalue weighted by Crippen LogP contribution is -2.45. The Kier molecular flexibility index (Phi) is 4.62. The molecule has 16 heavy (non-hydrogen) atoms. The van der Waals surface area contributed by atoms with Crippen LogP contribution in [0.25, 0.3) is 0 Å². The van der Waals surface area contributed by atoms with Crippen LogP contribution in [0.1, 0.15) is 38.5 Å². The third kappa shape index (κ3) is 3.19. The van der Waals surface area contributed by atoms with Gasteiger partial charge >= 0.3 is 0 Å². The molecule has 1 saturated carbocycles. The van der Waals surface area contributed by atoms with Gasteiger partial charge in [-0.15, -0.1) is 0 Å². The fraction of sp³-hybridized carbons (Fsp3) is 1.00. The van der Waals surface area contributed by atoms with Crippen LogP contribution < -0.4 is 5.73 Å². The number of hydrogen-bond donors (Lipinski definition) is 1. The topological polar surface area (TPSA) is 38.5 Å². The van der Waals surface area contributed by atoms with Crippen molar-refractivity contribution in [1.82, 2.24) is 4.90 Å². The molecule has 94 valence electrons. The van der Waals surface area contributed by atoms with Gasteiger partial charge in [-0.3, -0.25) is 0 Å². The fourth-order valence-corrected chi connectivity index (χ4v) is 3.19. The van der Waals surface area contributed by atoms with Crippen molar-refractivity contribution >= 4 is 0 Å². The SMILES string of the molecule is COCC1CCN(C2CCC(N)CC2)CC1. The Labute approximate surface area is 99.3 Å². The summed E-state index contributed by atoms with van der Waals surface area (Å²) in [5.74, 6) is 0.798. The lowest BCUT2D eigenvalue weighted by molar-refractivity contribution is 0.0667. The Morgan fingerprint density at radius 2 is 1.69 bits per heavy atom. The minimum absolute atomic E-state index is 0.474. The molecule has 3 nitrogen and oxygen atoms in total. The van der Waals surface area contributed by atoms with E-state index in [1.54, 1.807) is 0 Å². The van der Waals surface area contributed by atoms with Crippen molar-refractivity contribution < 1.29 is 4.74 Å². The molecule has 3 heteroatoms. The van der Waals surface area contributed by atoms with E-state index in [9.17, 15) is 0 Å². The minimum Gasteiger partial charge on any atom is -0.384 e. The van der Waals surface area contributed by atoms with Crippen LogP contribution in [0.3, 0.4) is 0 Å². The van der Waals surface area contributed by atoms with E-state index in [4.69, 9.17) is 10.5 Å². The molecule has 1 saturated heterocycles. The van der Waals surface area contributed by atoms with Crippen LogP contribution in [0, 0.1) is 5.92 Å². The largest absolute Gasteiger partial charge is 0.384 e. The molecule has 0 radical (unpaired) electrons. The number of methoxy groups -OCH3 is 1. The van der Waals surface area contributed by atoms with Gasteiger partial charge in [-0.2, -0.15) is 0 Å². The van der Waals surface area contributed by atoms with Gasteiger partial charge in [0.15, 0.2) is 0 Å². The highest BCUT2D eigenvalue weighted by Gasteiger charge is 2.27. The second-order valence-electron chi connectivity index (χ2n) is 5.50. The lowest BCUT2D eigenvalue weighted by atomic mass is 9.88. The van der Waals surface area contributed by atoms with Gasteiger partial charge in [-0.1, -0.05) is 0 Å². The summed E-state index contributed by atoms with van der Waals surface area (Å²) in [7, 11) is 1.81. The van der Waals surface area contributed by atoms with E-state index in [0.717, 1.165) is 18.6 Å². The smallest absolute Gasteiger partial charge is 0.0491 e. The van der Waals surface area contributed by atoms with Crippen LogP contribution in [-0.4, -0.2) is 43.8 Å². The number of nitrogens with two attached hydrogens (primary N) is 1.